The molecule has 0 aliphatic carbocycles. The quantitative estimate of drug-likeness (QED) is 0.555. The third-order valence-electron chi connectivity index (χ3n) is 3.44. The molecule has 3 N–H and O–H groups in total. The highest BCUT2D eigenvalue weighted by Gasteiger charge is 2.09. The third kappa shape index (κ3) is 5.33. The summed E-state index contributed by atoms with van der Waals surface area (Å²) in [7, 11) is 0. The minimum Gasteiger partial charge on any atom is -0.398 e. The summed E-state index contributed by atoms with van der Waals surface area (Å²) < 4.78 is 0. The molecule has 0 bridgehead atoms. The second kappa shape index (κ2) is 8.57. The van der Waals surface area contributed by atoms with Crippen LogP contribution in [0.3, 0.4) is 0 Å². The van der Waals surface area contributed by atoms with Gasteiger partial charge >= 0.3 is 0 Å². The van der Waals surface area contributed by atoms with Gasteiger partial charge in [-0.1, -0.05) is 45.1 Å². The van der Waals surface area contributed by atoms with E-state index in [4.69, 9.17) is 5.73 Å². The van der Waals surface area contributed by atoms with Gasteiger partial charge in [0.15, 0.2) is 0 Å². The number of benzene rings is 1. The average molecular weight is 262 g/mol. The first kappa shape index (κ1) is 15.5. The number of amides is 1. The summed E-state index contributed by atoms with van der Waals surface area (Å²) in [6, 6.07) is 5.46. The van der Waals surface area contributed by atoms with Gasteiger partial charge in [0, 0.05) is 17.8 Å². The number of nitrogens with one attached hydrogen (secondary N) is 1. The zero-order valence-corrected chi connectivity index (χ0v) is 12.2. The van der Waals surface area contributed by atoms with Crippen molar-refractivity contribution in [3.8, 4) is 0 Å². The van der Waals surface area contributed by atoms with Crippen molar-refractivity contribution in [3.05, 3.63) is 29.3 Å². The number of carbonyl (C=O) groups excluding carboxylic acids is 1. The van der Waals surface area contributed by atoms with Crippen LogP contribution in [0.25, 0.3) is 0 Å². The molecule has 1 rings (SSSR count). The minimum absolute atomic E-state index is 0.0154. The Labute approximate surface area is 116 Å². The van der Waals surface area contributed by atoms with Crippen LogP contribution in [-0.2, 0) is 0 Å². The summed E-state index contributed by atoms with van der Waals surface area (Å²) in [4.78, 5) is 12.0. The van der Waals surface area contributed by atoms with E-state index in [0.717, 1.165) is 18.5 Å². The first-order valence-electron chi connectivity index (χ1n) is 7.30. The minimum atomic E-state index is -0.0154. The molecule has 1 aromatic rings. The van der Waals surface area contributed by atoms with Gasteiger partial charge in [-0.05, 0) is 31.0 Å². The molecule has 0 spiro atoms. The number of nitrogens with two attached hydrogens (primary N) is 1. The molecule has 0 atom stereocenters. The van der Waals surface area contributed by atoms with Crippen molar-refractivity contribution in [2.45, 2.75) is 52.4 Å². The Balaban J connectivity index is 2.26. The fourth-order valence-electron chi connectivity index (χ4n) is 2.10. The Morgan fingerprint density at radius 1 is 1.16 bits per heavy atom. The number of anilines is 1. The lowest BCUT2D eigenvalue weighted by Crippen LogP contribution is -2.25. The summed E-state index contributed by atoms with van der Waals surface area (Å²) in [6.07, 6.45) is 7.40. The Bertz CT molecular complexity index is 402. The van der Waals surface area contributed by atoms with Crippen LogP contribution in [0.1, 0.15) is 61.4 Å². The first-order valence-corrected chi connectivity index (χ1v) is 7.30. The van der Waals surface area contributed by atoms with Crippen LogP contribution in [0.15, 0.2) is 18.2 Å². The van der Waals surface area contributed by atoms with Gasteiger partial charge in [-0.15, -0.1) is 0 Å². The zero-order valence-electron chi connectivity index (χ0n) is 12.2. The molecule has 0 aromatic heterocycles. The second-order valence-electron chi connectivity index (χ2n) is 5.04. The molecule has 0 saturated carbocycles. The van der Waals surface area contributed by atoms with Crippen molar-refractivity contribution in [2.75, 3.05) is 12.3 Å². The van der Waals surface area contributed by atoms with Crippen LogP contribution < -0.4 is 11.1 Å². The molecule has 3 nitrogen and oxygen atoms in total. The highest BCUT2D eigenvalue weighted by molar-refractivity contribution is 5.96. The van der Waals surface area contributed by atoms with Gasteiger partial charge in [-0.25, -0.2) is 0 Å². The second-order valence-corrected chi connectivity index (χ2v) is 5.04. The average Bonchev–Trinajstić information content (AvgIpc) is 2.40. The van der Waals surface area contributed by atoms with Crippen molar-refractivity contribution < 1.29 is 4.79 Å². The van der Waals surface area contributed by atoms with Crippen molar-refractivity contribution in [1.82, 2.24) is 5.32 Å². The van der Waals surface area contributed by atoms with Gasteiger partial charge < -0.3 is 11.1 Å². The summed E-state index contributed by atoms with van der Waals surface area (Å²) in [5.74, 6) is -0.0154. The van der Waals surface area contributed by atoms with E-state index in [2.05, 4.69) is 12.2 Å². The zero-order chi connectivity index (χ0) is 14.1. The Morgan fingerprint density at radius 3 is 2.58 bits per heavy atom. The molecule has 0 aliphatic heterocycles. The number of hydrogen-bond acceptors (Lipinski definition) is 2. The smallest absolute Gasteiger partial charge is 0.251 e. The van der Waals surface area contributed by atoms with Crippen LogP contribution in [0.2, 0.25) is 0 Å². The van der Waals surface area contributed by atoms with Crippen LogP contribution in [-0.4, -0.2) is 12.5 Å². The van der Waals surface area contributed by atoms with Gasteiger partial charge in [0.05, 0.1) is 0 Å². The molecule has 1 amide bonds. The van der Waals surface area contributed by atoms with Crippen LogP contribution in [0.4, 0.5) is 5.69 Å². The molecule has 106 valence electrons. The fourth-order valence-corrected chi connectivity index (χ4v) is 2.10. The number of rotatable bonds is 8. The number of nitrogen functional groups attached to an aromatic ring is 1. The van der Waals surface area contributed by atoms with Crippen LogP contribution >= 0.6 is 0 Å². The molecule has 0 heterocycles. The van der Waals surface area contributed by atoms with Gasteiger partial charge in [0.25, 0.3) is 5.91 Å². The molecule has 0 unspecified atom stereocenters. The van der Waals surface area contributed by atoms with Crippen molar-refractivity contribution in [2.24, 2.45) is 0 Å². The van der Waals surface area contributed by atoms with E-state index in [1.807, 2.05) is 25.1 Å². The van der Waals surface area contributed by atoms with E-state index >= 15 is 0 Å². The van der Waals surface area contributed by atoms with E-state index < -0.39 is 0 Å². The number of hydrogen-bond donors (Lipinski definition) is 2. The summed E-state index contributed by atoms with van der Waals surface area (Å²) in [6.45, 7) is 4.85. The van der Waals surface area contributed by atoms with E-state index in [-0.39, 0.29) is 5.91 Å². The van der Waals surface area contributed by atoms with E-state index in [9.17, 15) is 4.79 Å². The molecule has 0 aliphatic rings. The van der Waals surface area contributed by atoms with E-state index in [1.165, 1.54) is 32.1 Å². The topological polar surface area (TPSA) is 55.1 Å². The Kier molecular flexibility index (Phi) is 7.01. The standard InChI is InChI=1S/C16H26N2O/c1-3-4-5-6-7-8-12-18-16(19)14-10-9-11-15(17)13(14)2/h9-11H,3-8,12,17H2,1-2H3,(H,18,19). The lowest BCUT2D eigenvalue weighted by atomic mass is 10.1. The maximum atomic E-state index is 12.0. The summed E-state index contributed by atoms with van der Waals surface area (Å²) in [5, 5.41) is 2.96. The molecule has 0 saturated heterocycles. The molecule has 19 heavy (non-hydrogen) atoms. The SMILES string of the molecule is CCCCCCCCNC(=O)c1cccc(N)c1C. The lowest BCUT2D eigenvalue weighted by Gasteiger charge is -2.09. The maximum Gasteiger partial charge on any atom is 0.251 e. The van der Waals surface area contributed by atoms with Gasteiger partial charge in [0.2, 0.25) is 0 Å². The predicted molar refractivity (Wildman–Crippen MR) is 81.3 cm³/mol. The summed E-state index contributed by atoms with van der Waals surface area (Å²) >= 11 is 0. The molecule has 3 heteroatoms. The summed E-state index contributed by atoms with van der Waals surface area (Å²) in [5.41, 5.74) is 8.02. The van der Waals surface area contributed by atoms with E-state index in [0.29, 0.717) is 11.3 Å². The van der Waals surface area contributed by atoms with Gasteiger partial charge in [-0.3, -0.25) is 4.79 Å². The van der Waals surface area contributed by atoms with Gasteiger partial charge in [-0.2, -0.15) is 0 Å². The highest BCUT2D eigenvalue weighted by atomic mass is 16.1. The first-order chi connectivity index (χ1) is 9.16. The molecule has 1 aromatic carbocycles. The molecule has 0 fully saturated rings. The normalized spacial score (nSPS) is 10.4. The largest absolute Gasteiger partial charge is 0.398 e. The molecular weight excluding hydrogens is 236 g/mol. The Hall–Kier alpha value is -1.51. The van der Waals surface area contributed by atoms with Crippen molar-refractivity contribution in [3.63, 3.8) is 0 Å². The predicted octanol–water partition coefficient (Wildman–Crippen LogP) is 3.67. The van der Waals surface area contributed by atoms with Crippen molar-refractivity contribution in [1.29, 1.82) is 0 Å². The van der Waals surface area contributed by atoms with E-state index in [1.54, 1.807) is 0 Å². The highest BCUT2D eigenvalue weighted by Crippen LogP contribution is 2.15. The fraction of sp³-hybridized carbons (Fsp3) is 0.562. The maximum absolute atomic E-state index is 12.0. The van der Waals surface area contributed by atoms with Crippen LogP contribution in [0.5, 0.6) is 0 Å². The van der Waals surface area contributed by atoms with Crippen LogP contribution in [0, 0.1) is 6.92 Å². The molecule has 0 radical (unpaired) electrons. The molecular formula is C16H26N2O. The van der Waals surface area contributed by atoms with Crippen molar-refractivity contribution >= 4 is 11.6 Å². The van der Waals surface area contributed by atoms with Gasteiger partial charge in [0.1, 0.15) is 0 Å². The Morgan fingerprint density at radius 2 is 1.84 bits per heavy atom. The third-order valence-corrected chi connectivity index (χ3v) is 3.44. The lowest BCUT2D eigenvalue weighted by molar-refractivity contribution is 0.0952. The number of carbonyl (C=O) groups is 1. The monoisotopic (exact) mass is 262 g/mol. The number of unbranched alkanes of at least 4 members (excludes halogenated alkanes) is 5.